The summed E-state index contributed by atoms with van der Waals surface area (Å²) in [6.07, 6.45) is 0.409. The number of aliphatic carboxylic acids is 1. The summed E-state index contributed by atoms with van der Waals surface area (Å²) in [6, 6.07) is 21.4. The Kier molecular flexibility index (Phi) is 9.35. The van der Waals surface area contributed by atoms with Gasteiger partial charge in [0, 0.05) is 19.2 Å². The molecule has 3 rings (SSSR count). The van der Waals surface area contributed by atoms with Crippen molar-refractivity contribution in [3.05, 3.63) is 89.5 Å². The number of hydrogen-bond acceptors (Lipinski definition) is 6. The van der Waals surface area contributed by atoms with Crippen LogP contribution in [0.5, 0.6) is 11.5 Å². The van der Waals surface area contributed by atoms with E-state index in [2.05, 4.69) is 0 Å². The minimum atomic E-state index is -3.53. The molecule has 0 fully saturated rings. The molecule has 1 N–H and O–H groups in total. The van der Waals surface area contributed by atoms with Gasteiger partial charge < -0.3 is 19.5 Å². The molecule has 0 saturated carbocycles. The van der Waals surface area contributed by atoms with Crippen molar-refractivity contribution in [2.45, 2.75) is 25.8 Å². The second-order valence-corrected chi connectivity index (χ2v) is 11.0. The number of ether oxygens (including phenoxy) is 2. The number of carbonyl (C=O) groups is 2. The highest BCUT2D eigenvalue weighted by atomic mass is 32.2. The van der Waals surface area contributed by atoms with E-state index in [1.165, 1.54) is 19.1 Å². The third kappa shape index (κ3) is 7.72. The van der Waals surface area contributed by atoms with Gasteiger partial charge in [0.05, 0.1) is 32.0 Å². The lowest BCUT2D eigenvalue weighted by atomic mass is 10.0. The zero-order valence-corrected chi connectivity index (χ0v) is 22.6. The molecule has 0 spiro atoms. The Bertz CT molecular complexity index is 1380. The van der Waals surface area contributed by atoms with E-state index in [1.54, 1.807) is 42.5 Å². The number of nitrogens with zero attached hydrogens (tertiary/aromatic N) is 2. The Labute approximate surface area is 223 Å². The number of methoxy groups -OCH3 is 1. The number of benzene rings is 3. The van der Waals surface area contributed by atoms with Gasteiger partial charge in [-0.05, 0) is 47.4 Å². The van der Waals surface area contributed by atoms with Crippen LogP contribution in [0, 0.1) is 0 Å². The van der Waals surface area contributed by atoms with Gasteiger partial charge in [-0.2, -0.15) is 0 Å². The van der Waals surface area contributed by atoms with Crippen LogP contribution < -0.4 is 9.04 Å². The van der Waals surface area contributed by atoms with Crippen molar-refractivity contribution >= 4 is 27.8 Å². The quantitative estimate of drug-likeness (QED) is 0.369. The first-order chi connectivity index (χ1) is 18.0. The fourth-order valence-electron chi connectivity index (χ4n) is 3.95. The maximum absolute atomic E-state index is 12.8. The normalized spacial score (nSPS) is 11.9. The number of sulfonamides is 1. The second-order valence-electron chi connectivity index (χ2n) is 9.00. The van der Waals surface area contributed by atoms with Crippen LogP contribution in [0.2, 0.25) is 0 Å². The minimum Gasteiger partial charge on any atom is -0.481 e. The molecule has 10 heteroatoms. The molecule has 0 radical (unpaired) electrons. The van der Waals surface area contributed by atoms with Crippen molar-refractivity contribution in [2.75, 3.05) is 31.3 Å². The zero-order chi connectivity index (χ0) is 27.9. The molecule has 0 aliphatic rings. The molecule has 3 aromatic carbocycles. The van der Waals surface area contributed by atoms with E-state index < -0.39 is 22.1 Å². The van der Waals surface area contributed by atoms with E-state index in [0.717, 1.165) is 16.1 Å². The molecule has 1 amide bonds. The molecule has 0 bridgehead atoms. The topological polar surface area (TPSA) is 113 Å². The first kappa shape index (κ1) is 28.5. The number of anilines is 1. The number of amides is 1. The minimum absolute atomic E-state index is 0.00533. The van der Waals surface area contributed by atoms with E-state index in [1.807, 2.05) is 37.3 Å². The molecule has 0 aliphatic carbocycles. The molecule has 9 nitrogen and oxygen atoms in total. The summed E-state index contributed by atoms with van der Waals surface area (Å²) in [5.41, 5.74) is 2.57. The molecule has 0 unspecified atom stereocenters. The molecular formula is C28H32N2O7S. The summed E-state index contributed by atoms with van der Waals surface area (Å²) in [6.45, 7) is 2.43. The Hall–Kier alpha value is -4.05. The average Bonchev–Trinajstić information content (AvgIpc) is 2.88. The van der Waals surface area contributed by atoms with E-state index in [9.17, 15) is 18.0 Å². The van der Waals surface area contributed by atoms with Crippen LogP contribution in [-0.4, -0.2) is 57.4 Å². The molecule has 0 aromatic heterocycles. The van der Waals surface area contributed by atoms with E-state index in [-0.39, 0.29) is 18.9 Å². The van der Waals surface area contributed by atoms with Crippen molar-refractivity contribution in [1.29, 1.82) is 0 Å². The zero-order valence-electron chi connectivity index (χ0n) is 21.8. The first-order valence-corrected chi connectivity index (χ1v) is 13.8. The fourth-order valence-corrected chi connectivity index (χ4v) is 4.45. The predicted octanol–water partition coefficient (Wildman–Crippen LogP) is 4.87. The van der Waals surface area contributed by atoms with Crippen molar-refractivity contribution in [1.82, 2.24) is 4.90 Å². The molecule has 202 valence electrons. The molecule has 3 aromatic rings. The van der Waals surface area contributed by atoms with Crippen LogP contribution in [0.4, 0.5) is 10.5 Å². The molecule has 38 heavy (non-hydrogen) atoms. The average molecular weight is 541 g/mol. The highest BCUT2D eigenvalue weighted by Crippen LogP contribution is 2.32. The maximum atomic E-state index is 12.8. The fraction of sp³-hybridized carbons (Fsp3) is 0.286. The van der Waals surface area contributed by atoms with Gasteiger partial charge in [0.2, 0.25) is 10.0 Å². The van der Waals surface area contributed by atoms with Crippen molar-refractivity contribution in [3.8, 4) is 11.5 Å². The second kappa shape index (κ2) is 12.5. The molecular weight excluding hydrogens is 508 g/mol. The van der Waals surface area contributed by atoms with Gasteiger partial charge in [0.1, 0.15) is 11.5 Å². The molecule has 0 heterocycles. The molecule has 0 aliphatic heterocycles. The van der Waals surface area contributed by atoms with Crippen molar-refractivity contribution in [3.63, 3.8) is 0 Å². The van der Waals surface area contributed by atoms with Gasteiger partial charge in [0.25, 0.3) is 0 Å². The van der Waals surface area contributed by atoms with Gasteiger partial charge in [-0.3, -0.25) is 9.10 Å². The third-order valence-electron chi connectivity index (χ3n) is 6.04. The summed E-state index contributed by atoms with van der Waals surface area (Å²) in [5, 5.41) is 9.12. The Morgan fingerprint density at radius 2 is 1.71 bits per heavy atom. The number of rotatable bonds is 11. The van der Waals surface area contributed by atoms with Crippen LogP contribution in [0.15, 0.2) is 72.8 Å². The van der Waals surface area contributed by atoms with E-state index >= 15 is 0 Å². The first-order valence-electron chi connectivity index (χ1n) is 11.9. The van der Waals surface area contributed by atoms with Crippen LogP contribution in [0.3, 0.4) is 0 Å². The number of carbonyl (C=O) groups excluding carboxylic acids is 1. The van der Waals surface area contributed by atoms with Crippen molar-refractivity contribution in [2.24, 2.45) is 0 Å². The molecule has 1 atom stereocenters. The smallest absolute Gasteiger partial charge is 0.409 e. The standard InChI is InChI=1S/C28H32N2O7S/c1-20(22-10-6-5-7-11-22)18-30(28(33)36-3)19-23-17-24(29(2)38(4,34)35)13-14-26(23)37-25-12-8-9-21(15-25)16-27(31)32/h5-15,17,20H,16,18-19H2,1-4H3,(H,31,32)/t20-/m1/s1. The van der Waals surface area contributed by atoms with Gasteiger partial charge in [-0.1, -0.05) is 49.4 Å². The number of hydrogen-bond donors (Lipinski definition) is 1. The summed E-state index contributed by atoms with van der Waals surface area (Å²) in [4.78, 5) is 25.4. The Balaban J connectivity index is 1.99. The largest absolute Gasteiger partial charge is 0.481 e. The Morgan fingerprint density at radius 1 is 1.00 bits per heavy atom. The van der Waals surface area contributed by atoms with Crippen LogP contribution in [0.1, 0.15) is 29.5 Å². The maximum Gasteiger partial charge on any atom is 0.409 e. The van der Waals surface area contributed by atoms with Gasteiger partial charge >= 0.3 is 12.1 Å². The lowest BCUT2D eigenvalue weighted by molar-refractivity contribution is -0.136. The van der Waals surface area contributed by atoms with Crippen LogP contribution in [-0.2, 0) is 32.5 Å². The number of carboxylic acids is 1. The summed E-state index contributed by atoms with van der Waals surface area (Å²) >= 11 is 0. The van der Waals surface area contributed by atoms with Crippen LogP contribution in [0.25, 0.3) is 0 Å². The highest BCUT2D eigenvalue weighted by molar-refractivity contribution is 7.92. The van der Waals surface area contributed by atoms with Gasteiger partial charge in [-0.15, -0.1) is 0 Å². The predicted molar refractivity (Wildman–Crippen MR) is 145 cm³/mol. The lowest BCUT2D eigenvalue weighted by Crippen LogP contribution is -2.34. The third-order valence-corrected chi connectivity index (χ3v) is 7.25. The summed E-state index contributed by atoms with van der Waals surface area (Å²) in [5.74, 6) is -0.160. The van der Waals surface area contributed by atoms with E-state index in [4.69, 9.17) is 14.6 Å². The molecule has 0 saturated heterocycles. The number of carboxylic acid groups (broad SMARTS) is 1. The monoisotopic (exact) mass is 540 g/mol. The van der Waals surface area contributed by atoms with E-state index in [0.29, 0.717) is 34.9 Å². The van der Waals surface area contributed by atoms with Gasteiger partial charge in [0.15, 0.2) is 0 Å². The van der Waals surface area contributed by atoms with Crippen molar-refractivity contribution < 1.29 is 32.6 Å². The summed E-state index contributed by atoms with van der Waals surface area (Å²) in [7, 11) is -0.783. The van der Waals surface area contributed by atoms with Gasteiger partial charge in [-0.25, -0.2) is 13.2 Å². The lowest BCUT2D eigenvalue weighted by Gasteiger charge is -2.27. The Morgan fingerprint density at radius 3 is 2.34 bits per heavy atom. The SMILES string of the molecule is COC(=O)N(Cc1cc(N(C)S(C)(=O)=O)ccc1Oc1cccc(CC(=O)O)c1)C[C@@H](C)c1ccccc1. The highest BCUT2D eigenvalue weighted by Gasteiger charge is 2.22. The summed E-state index contributed by atoms with van der Waals surface area (Å²) < 4.78 is 36.7. The van der Waals surface area contributed by atoms with Crippen LogP contribution >= 0.6 is 0 Å².